The van der Waals surface area contributed by atoms with Crippen LogP contribution >= 0.6 is 15.6 Å². The summed E-state index contributed by atoms with van der Waals surface area (Å²) in [4.78, 5) is 72.8. The molecule has 3 unspecified atom stereocenters. The molecule has 96 heavy (non-hydrogen) atoms. The van der Waals surface area contributed by atoms with Gasteiger partial charge in [-0.05, 0) is 43.4 Å². The van der Waals surface area contributed by atoms with Crippen LogP contribution in [0.3, 0.4) is 0 Å². The fourth-order valence-electron chi connectivity index (χ4n) is 11.7. The molecule has 0 heterocycles. The van der Waals surface area contributed by atoms with E-state index in [-0.39, 0.29) is 25.7 Å². The Labute approximate surface area is 588 Å². The second kappa shape index (κ2) is 67.5. The summed E-state index contributed by atoms with van der Waals surface area (Å²) in [5.41, 5.74) is 0. The zero-order valence-electron chi connectivity index (χ0n) is 62.8. The van der Waals surface area contributed by atoms with Gasteiger partial charge in [-0.3, -0.25) is 37.3 Å². The third kappa shape index (κ3) is 69.2. The minimum Gasteiger partial charge on any atom is -0.462 e. The molecular weight excluding hydrogens is 1260 g/mol. The smallest absolute Gasteiger partial charge is 0.462 e. The van der Waals surface area contributed by atoms with Gasteiger partial charge in [-0.25, -0.2) is 9.13 Å². The van der Waals surface area contributed by atoms with Crippen LogP contribution in [0.25, 0.3) is 0 Å². The van der Waals surface area contributed by atoms with Crippen molar-refractivity contribution in [2.45, 2.75) is 414 Å². The molecule has 0 saturated heterocycles. The Kier molecular flexibility index (Phi) is 66.2. The lowest BCUT2D eigenvalue weighted by molar-refractivity contribution is -0.161. The lowest BCUT2D eigenvalue weighted by Crippen LogP contribution is -2.30. The molecule has 0 radical (unpaired) electrons. The zero-order valence-corrected chi connectivity index (χ0v) is 64.6. The predicted molar refractivity (Wildman–Crippen MR) is 391 cm³/mol. The summed E-state index contributed by atoms with van der Waals surface area (Å²) in [6.45, 7) is 11.9. The van der Waals surface area contributed by atoms with E-state index in [2.05, 4.69) is 48.5 Å². The van der Waals surface area contributed by atoms with Crippen LogP contribution in [-0.2, 0) is 65.4 Å². The third-order valence-corrected chi connectivity index (χ3v) is 20.1. The third-order valence-electron chi connectivity index (χ3n) is 18.2. The number of carbonyl (C=O) groups excluding carboxylic acids is 4. The molecule has 0 bridgehead atoms. The van der Waals surface area contributed by atoms with E-state index in [1.165, 1.54) is 199 Å². The molecule has 17 nitrogen and oxygen atoms in total. The quantitative estimate of drug-likeness (QED) is 0.0222. The molecule has 570 valence electrons. The van der Waals surface area contributed by atoms with Crippen molar-refractivity contribution in [3.63, 3.8) is 0 Å². The molecule has 0 rings (SSSR count). The van der Waals surface area contributed by atoms with Crippen LogP contribution in [0.15, 0.2) is 0 Å². The molecule has 0 aromatic carbocycles. The van der Waals surface area contributed by atoms with Gasteiger partial charge in [0.25, 0.3) is 0 Å². The van der Waals surface area contributed by atoms with Gasteiger partial charge < -0.3 is 33.8 Å². The van der Waals surface area contributed by atoms with E-state index in [4.69, 9.17) is 37.0 Å². The second-order valence-corrected chi connectivity index (χ2v) is 31.8. The van der Waals surface area contributed by atoms with E-state index < -0.39 is 97.5 Å². The van der Waals surface area contributed by atoms with Gasteiger partial charge in [-0.15, -0.1) is 0 Å². The lowest BCUT2D eigenvalue weighted by atomic mass is 9.99. The number of carbonyl (C=O) groups is 4. The SMILES string of the molecule is CCCCCCCCCCC(=O)OC[C@H](COP(=O)(O)OC[C@H](O)COP(=O)(O)OC[C@@H](COC(=O)CCCCCCCCCCCCCCCCCC(C)C)OC(=O)CCCCCCCCCCCCCCCCCC(C)C)OC(=O)CCCCCCCCCCC(C)CC. The lowest BCUT2D eigenvalue weighted by Gasteiger charge is -2.21. The molecule has 0 aliphatic rings. The van der Waals surface area contributed by atoms with Crippen molar-refractivity contribution in [3.8, 4) is 0 Å². The molecule has 0 aliphatic heterocycles. The number of unbranched alkanes of at least 4 members (excludes halogenated alkanes) is 42. The number of rotatable bonds is 75. The molecule has 0 fully saturated rings. The van der Waals surface area contributed by atoms with Gasteiger partial charge >= 0.3 is 39.5 Å². The number of ether oxygens (including phenoxy) is 4. The molecule has 0 spiro atoms. The Morgan fingerprint density at radius 3 is 0.792 bits per heavy atom. The van der Waals surface area contributed by atoms with Gasteiger partial charge in [0.15, 0.2) is 12.2 Å². The van der Waals surface area contributed by atoms with Gasteiger partial charge in [0.05, 0.1) is 26.4 Å². The highest BCUT2D eigenvalue weighted by molar-refractivity contribution is 7.47. The van der Waals surface area contributed by atoms with Gasteiger partial charge in [-0.1, -0.05) is 344 Å². The number of esters is 4. The van der Waals surface area contributed by atoms with Crippen molar-refractivity contribution in [3.05, 3.63) is 0 Å². The second-order valence-electron chi connectivity index (χ2n) is 28.9. The Bertz CT molecular complexity index is 1870. The number of aliphatic hydroxyl groups excluding tert-OH is 1. The molecule has 3 N–H and O–H groups in total. The summed E-state index contributed by atoms with van der Waals surface area (Å²) in [7, 11) is -9.91. The molecule has 0 aromatic heterocycles. The normalized spacial score (nSPS) is 14.3. The Balaban J connectivity index is 5.21. The van der Waals surface area contributed by atoms with Crippen LogP contribution in [0.1, 0.15) is 395 Å². The van der Waals surface area contributed by atoms with Crippen LogP contribution in [-0.4, -0.2) is 96.7 Å². The van der Waals surface area contributed by atoms with Crippen molar-refractivity contribution in [2.75, 3.05) is 39.6 Å². The van der Waals surface area contributed by atoms with Crippen LogP contribution in [0.5, 0.6) is 0 Å². The first-order valence-corrected chi connectivity index (χ1v) is 42.9. The summed E-state index contributed by atoms with van der Waals surface area (Å²) in [5, 5.41) is 10.6. The number of aliphatic hydroxyl groups is 1. The number of phosphoric ester groups is 2. The molecule has 6 atom stereocenters. The number of hydrogen-bond acceptors (Lipinski definition) is 15. The fourth-order valence-corrected chi connectivity index (χ4v) is 13.3. The average molecular weight is 1410 g/mol. The van der Waals surface area contributed by atoms with E-state index in [1.54, 1.807) is 0 Å². The largest absolute Gasteiger partial charge is 0.472 e. The van der Waals surface area contributed by atoms with Crippen LogP contribution in [0, 0.1) is 17.8 Å². The van der Waals surface area contributed by atoms with E-state index in [0.29, 0.717) is 25.7 Å². The minimum atomic E-state index is -4.96. The van der Waals surface area contributed by atoms with Crippen molar-refractivity contribution < 1.29 is 80.2 Å². The highest BCUT2D eigenvalue weighted by atomic mass is 31.2. The molecule has 19 heteroatoms. The van der Waals surface area contributed by atoms with E-state index in [9.17, 15) is 43.2 Å². The minimum absolute atomic E-state index is 0.105. The zero-order chi connectivity index (χ0) is 70.9. The van der Waals surface area contributed by atoms with Gasteiger partial charge in [0, 0.05) is 25.7 Å². The molecule has 0 aliphatic carbocycles. The van der Waals surface area contributed by atoms with Crippen molar-refractivity contribution in [2.24, 2.45) is 17.8 Å². The van der Waals surface area contributed by atoms with E-state index in [0.717, 1.165) is 114 Å². The van der Waals surface area contributed by atoms with Gasteiger partial charge in [0.2, 0.25) is 0 Å². The highest BCUT2D eigenvalue weighted by Gasteiger charge is 2.30. The van der Waals surface area contributed by atoms with Crippen molar-refractivity contribution in [1.82, 2.24) is 0 Å². The van der Waals surface area contributed by atoms with Gasteiger partial charge in [0.1, 0.15) is 19.3 Å². The summed E-state index contributed by atoms with van der Waals surface area (Å²) >= 11 is 0. The highest BCUT2D eigenvalue weighted by Crippen LogP contribution is 2.45. The van der Waals surface area contributed by atoms with Crippen molar-refractivity contribution >= 4 is 39.5 Å². The maximum Gasteiger partial charge on any atom is 0.472 e. The molecule has 0 saturated carbocycles. The summed E-state index contributed by atoms with van der Waals surface area (Å²) in [5.74, 6) is 0.259. The summed E-state index contributed by atoms with van der Waals surface area (Å²) in [6, 6.07) is 0. The van der Waals surface area contributed by atoms with Crippen LogP contribution < -0.4 is 0 Å². The van der Waals surface area contributed by atoms with Crippen LogP contribution in [0.4, 0.5) is 0 Å². The number of phosphoric acid groups is 2. The molecular formula is C77H150O17P2. The monoisotopic (exact) mass is 1410 g/mol. The maximum atomic E-state index is 13.1. The number of hydrogen-bond donors (Lipinski definition) is 3. The van der Waals surface area contributed by atoms with E-state index >= 15 is 0 Å². The Morgan fingerprint density at radius 1 is 0.302 bits per heavy atom. The first kappa shape index (κ1) is 94.1. The standard InChI is InChI=1S/C77H150O17P2/c1-8-10-11-12-13-37-44-51-58-74(79)87-64-72(94-77(82)61-54-47-40-33-32-36-43-50-57-70(7)9-2)66-91-95(83,84)89-62-71(78)63-90-96(85,86)92-67-73(93-76(81)60-53-46-39-31-27-23-19-15-17-21-25-29-35-42-49-56-69(5)6)65-88-75(80)59-52-45-38-30-26-22-18-14-16-20-24-28-34-41-48-55-68(3)4/h68-73,78H,8-67H2,1-7H3,(H,83,84)(H,85,86)/t70?,71-,72+,73+/m0/s1. The average Bonchev–Trinajstić information content (AvgIpc) is 1.88. The van der Waals surface area contributed by atoms with E-state index in [1.807, 2.05) is 0 Å². The topological polar surface area (TPSA) is 237 Å². The summed E-state index contributed by atoms with van der Waals surface area (Å²) < 4.78 is 68.5. The Hall–Kier alpha value is -1.94. The van der Waals surface area contributed by atoms with Crippen LogP contribution in [0.2, 0.25) is 0 Å². The molecule has 0 aromatic rings. The first-order valence-electron chi connectivity index (χ1n) is 39.9. The molecule has 0 amide bonds. The first-order chi connectivity index (χ1) is 46.3. The summed E-state index contributed by atoms with van der Waals surface area (Å²) in [6.07, 6.45) is 54.1. The van der Waals surface area contributed by atoms with Crippen molar-refractivity contribution in [1.29, 1.82) is 0 Å². The predicted octanol–water partition coefficient (Wildman–Crippen LogP) is 22.6. The van der Waals surface area contributed by atoms with Gasteiger partial charge in [-0.2, -0.15) is 0 Å². The fraction of sp³-hybridized carbons (Fsp3) is 0.948. The Morgan fingerprint density at radius 2 is 0.531 bits per heavy atom. The maximum absolute atomic E-state index is 13.1.